The van der Waals surface area contributed by atoms with E-state index >= 15 is 0 Å². The Morgan fingerprint density at radius 2 is 1.67 bits per heavy atom. The molecular weight excluding hydrogens is 398 g/mol. The van der Waals surface area contributed by atoms with Gasteiger partial charge >= 0.3 is 12.6 Å². The number of hydrogen-bond acceptors (Lipinski definition) is 6. The van der Waals surface area contributed by atoms with Crippen LogP contribution in [0.5, 0.6) is 17.2 Å². The number of alkyl halides is 2. The molecule has 8 heteroatoms. The van der Waals surface area contributed by atoms with Crippen LogP contribution in [0, 0.1) is 0 Å². The van der Waals surface area contributed by atoms with Gasteiger partial charge in [-0.25, -0.2) is 4.79 Å². The lowest BCUT2D eigenvalue weighted by atomic mass is 10.1. The van der Waals surface area contributed by atoms with Crippen LogP contribution in [0.25, 0.3) is 6.08 Å². The molecule has 6 nitrogen and oxygen atoms in total. The molecule has 0 aromatic heterocycles. The van der Waals surface area contributed by atoms with E-state index < -0.39 is 24.5 Å². The number of rotatable bonds is 9. The molecule has 2 rings (SSSR count). The molecule has 0 radical (unpaired) electrons. The van der Waals surface area contributed by atoms with Gasteiger partial charge in [0.2, 0.25) is 5.78 Å². The third kappa shape index (κ3) is 5.56. The maximum Gasteiger partial charge on any atom is 0.387 e. The first kappa shape index (κ1) is 22.9. The summed E-state index contributed by atoms with van der Waals surface area (Å²) >= 11 is 0. The SMILES string of the molecule is C/C=C/c1cc(C(=O)OC(C)C(=O)c2ccc(OC(F)F)cc2)cc(OC)c1OC. The lowest BCUT2D eigenvalue weighted by Gasteiger charge is -2.15. The molecule has 0 saturated carbocycles. The predicted octanol–water partition coefficient (Wildman–Crippen LogP) is 4.77. The second-order valence-electron chi connectivity index (χ2n) is 6.12. The Kier molecular flexibility index (Phi) is 7.91. The molecule has 0 aliphatic heterocycles. The second-order valence-corrected chi connectivity index (χ2v) is 6.12. The zero-order chi connectivity index (χ0) is 22.3. The summed E-state index contributed by atoms with van der Waals surface area (Å²) in [5.41, 5.74) is 0.986. The quantitative estimate of drug-likeness (QED) is 0.430. The van der Waals surface area contributed by atoms with Crippen LogP contribution in [-0.2, 0) is 4.74 Å². The highest BCUT2D eigenvalue weighted by Crippen LogP contribution is 2.34. The van der Waals surface area contributed by atoms with Crippen molar-refractivity contribution in [2.24, 2.45) is 0 Å². The molecule has 0 bridgehead atoms. The Morgan fingerprint density at radius 1 is 1.00 bits per heavy atom. The molecule has 0 aliphatic rings. The summed E-state index contributed by atoms with van der Waals surface area (Å²) in [6, 6.07) is 8.16. The number of benzene rings is 2. The molecule has 0 aliphatic carbocycles. The molecule has 0 saturated heterocycles. The molecule has 1 atom stereocenters. The zero-order valence-corrected chi connectivity index (χ0v) is 17.0. The predicted molar refractivity (Wildman–Crippen MR) is 107 cm³/mol. The van der Waals surface area contributed by atoms with Gasteiger partial charge in [0, 0.05) is 11.1 Å². The lowest BCUT2D eigenvalue weighted by Crippen LogP contribution is -2.24. The van der Waals surface area contributed by atoms with Crippen molar-refractivity contribution in [1.82, 2.24) is 0 Å². The molecule has 160 valence electrons. The van der Waals surface area contributed by atoms with Gasteiger partial charge in [-0.2, -0.15) is 8.78 Å². The van der Waals surface area contributed by atoms with E-state index in [4.69, 9.17) is 14.2 Å². The van der Waals surface area contributed by atoms with Gasteiger partial charge in [0.1, 0.15) is 5.75 Å². The fraction of sp³-hybridized carbons (Fsp3) is 0.273. The molecule has 0 spiro atoms. The summed E-state index contributed by atoms with van der Waals surface area (Å²) in [5, 5.41) is 0. The number of carbonyl (C=O) groups excluding carboxylic acids is 2. The van der Waals surface area contributed by atoms with Gasteiger partial charge in [-0.15, -0.1) is 0 Å². The van der Waals surface area contributed by atoms with Crippen LogP contribution in [0.3, 0.4) is 0 Å². The number of esters is 1. The van der Waals surface area contributed by atoms with Crippen LogP contribution in [0.15, 0.2) is 42.5 Å². The van der Waals surface area contributed by atoms with Crippen molar-refractivity contribution in [2.45, 2.75) is 26.6 Å². The Hall–Kier alpha value is -3.42. The Labute approximate surface area is 173 Å². The van der Waals surface area contributed by atoms with Crippen LogP contribution >= 0.6 is 0 Å². The first-order chi connectivity index (χ1) is 14.3. The van der Waals surface area contributed by atoms with Crippen molar-refractivity contribution in [3.05, 3.63) is 59.2 Å². The number of methoxy groups -OCH3 is 2. The number of halogens is 2. The van der Waals surface area contributed by atoms with Crippen molar-refractivity contribution < 1.29 is 37.3 Å². The Morgan fingerprint density at radius 3 is 2.20 bits per heavy atom. The number of allylic oxidation sites excluding steroid dienone is 1. The first-order valence-corrected chi connectivity index (χ1v) is 8.99. The summed E-state index contributed by atoms with van der Waals surface area (Å²) in [7, 11) is 2.93. The molecule has 0 heterocycles. The minimum atomic E-state index is -2.96. The number of ketones is 1. The van der Waals surface area contributed by atoms with Gasteiger partial charge in [-0.1, -0.05) is 12.2 Å². The molecular formula is C22H22F2O6. The fourth-order valence-corrected chi connectivity index (χ4v) is 2.73. The van der Waals surface area contributed by atoms with E-state index in [1.165, 1.54) is 51.5 Å². The van der Waals surface area contributed by atoms with Gasteiger partial charge in [0.05, 0.1) is 19.8 Å². The van der Waals surface area contributed by atoms with E-state index in [0.717, 1.165) is 0 Å². The standard InChI is InChI=1S/C22H22F2O6/c1-5-6-15-11-16(12-18(27-3)20(15)28-4)21(26)29-13(2)19(25)14-7-9-17(10-8-14)30-22(23)24/h5-13,22H,1-4H3/b6-5+. The third-order valence-electron chi connectivity index (χ3n) is 4.11. The summed E-state index contributed by atoms with van der Waals surface area (Å²) in [6.45, 7) is 0.285. The normalized spacial score (nSPS) is 12.0. The summed E-state index contributed by atoms with van der Waals surface area (Å²) in [5.74, 6) is -0.481. The molecule has 0 N–H and O–H groups in total. The van der Waals surface area contributed by atoms with Crippen molar-refractivity contribution in [3.8, 4) is 17.2 Å². The number of carbonyl (C=O) groups is 2. The summed E-state index contributed by atoms with van der Waals surface area (Å²) < 4.78 is 44.6. The molecule has 0 fully saturated rings. The van der Waals surface area contributed by atoms with E-state index in [0.29, 0.717) is 17.1 Å². The number of hydrogen-bond donors (Lipinski definition) is 0. The third-order valence-corrected chi connectivity index (χ3v) is 4.11. The van der Waals surface area contributed by atoms with Crippen molar-refractivity contribution in [1.29, 1.82) is 0 Å². The van der Waals surface area contributed by atoms with Gasteiger partial charge in [0.15, 0.2) is 17.6 Å². The highest BCUT2D eigenvalue weighted by atomic mass is 19.3. The number of Topliss-reactive ketones (excluding diaryl/α,β-unsaturated/α-hetero) is 1. The fourth-order valence-electron chi connectivity index (χ4n) is 2.73. The number of ether oxygens (including phenoxy) is 4. The molecule has 0 amide bonds. The minimum absolute atomic E-state index is 0.0759. The molecule has 2 aromatic rings. The maximum atomic E-state index is 12.6. The van der Waals surface area contributed by atoms with E-state index in [-0.39, 0.29) is 16.9 Å². The van der Waals surface area contributed by atoms with Crippen LogP contribution in [0.4, 0.5) is 8.78 Å². The van der Waals surface area contributed by atoms with Crippen LogP contribution < -0.4 is 14.2 Å². The molecule has 1 unspecified atom stereocenters. The van der Waals surface area contributed by atoms with Crippen molar-refractivity contribution in [3.63, 3.8) is 0 Å². The van der Waals surface area contributed by atoms with Crippen LogP contribution in [-0.4, -0.2) is 38.7 Å². The average molecular weight is 420 g/mol. The highest BCUT2D eigenvalue weighted by Gasteiger charge is 2.22. The van der Waals surface area contributed by atoms with E-state index in [1.54, 1.807) is 18.2 Å². The molecule has 2 aromatic carbocycles. The summed E-state index contributed by atoms with van der Waals surface area (Å²) in [4.78, 5) is 25.1. The van der Waals surface area contributed by atoms with Gasteiger partial charge in [0.25, 0.3) is 0 Å². The van der Waals surface area contributed by atoms with Crippen LogP contribution in [0.1, 0.15) is 40.1 Å². The van der Waals surface area contributed by atoms with E-state index in [2.05, 4.69) is 4.74 Å². The largest absolute Gasteiger partial charge is 0.493 e. The van der Waals surface area contributed by atoms with E-state index in [9.17, 15) is 18.4 Å². The Balaban J connectivity index is 2.18. The highest BCUT2D eigenvalue weighted by molar-refractivity contribution is 6.01. The van der Waals surface area contributed by atoms with Crippen molar-refractivity contribution >= 4 is 17.8 Å². The zero-order valence-electron chi connectivity index (χ0n) is 17.0. The second kappa shape index (κ2) is 10.4. The average Bonchev–Trinajstić information content (AvgIpc) is 2.72. The topological polar surface area (TPSA) is 71.1 Å². The Bertz CT molecular complexity index is 922. The first-order valence-electron chi connectivity index (χ1n) is 8.99. The van der Waals surface area contributed by atoms with Gasteiger partial charge < -0.3 is 18.9 Å². The smallest absolute Gasteiger partial charge is 0.387 e. The van der Waals surface area contributed by atoms with Crippen LogP contribution in [0.2, 0.25) is 0 Å². The monoisotopic (exact) mass is 420 g/mol. The summed E-state index contributed by atoms with van der Waals surface area (Å²) in [6.07, 6.45) is 2.42. The molecule has 30 heavy (non-hydrogen) atoms. The van der Waals surface area contributed by atoms with Gasteiger partial charge in [-0.05, 0) is 50.2 Å². The maximum absolute atomic E-state index is 12.6. The van der Waals surface area contributed by atoms with Crippen molar-refractivity contribution in [2.75, 3.05) is 14.2 Å². The van der Waals surface area contributed by atoms with E-state index in [1.807, 2.05) is 6.92 Å². The lowest BCUT2D eigenvalue weighted by molar-refractivity contribution is -0.0498. The van der Waals surface area contributed by atoms with Gasteiger partial charge in [-0.3, -0.25) is 4.79 Å². The minimum Gasteiger partial charge on any atom is -0.493 e.